The first-order valence-corrected chi connectivity index (χ1v) is 14.7. The lowest BCUT2D eigenvalue weighted by Crippen LogP contribution is -2.44. The molecular formula is C32H32N4O5S. The van der Waals surface area contributed by atoms with Gasteiger partial charge in [-0.25, -0.2) is 9.79 Å². The maximum absolute atomic E-state index is 14.1. The van der Waals surface area contributed by atoms with Crippen LogP contribution < -0.4 is 24.5 Å². The topological polar surface area (TPSA) is 89.5 Å². The number of likely N-dealkylation sites (N-methyl/N-ethyl adjacent to an activating group) is 1. The molecule has 10 heteroatoms. The average molecular weight is 585 g/mol. The lowest BCUT2D eigenvalue weighted by Gasteiger charge is -2.32. The maximum atomic E-state index is 14.1. The molecule has 0 amide bonds. The molecule has 9 nitrogen and oxygen atoms in total. The first-order valence-electron chi connectivity index (χ1n) is 13.9. The van der Waals surface area contributed by atoms with E-state index >= 15 is 0 Å². The number of furan rings is 1. The standard InChI is InChI=1S/C32H32N4O5S/c1-4-40-31(38)27-28(21-9-6-5-7-10-21)33-32-36(29(27)22-11-8-12-23(19-22)39-3)30(37)25(42-32)20-24-13-14-26(41-24)35-17-15-34(2)16-18-35/h5-14,19-20,29H,4,15-18H2,1-3H3/b25-20+/t29-/m0/s1. The number of methoxy groups -OCH3 is 1. The molecule has 1 saturated heterocycles. The fourth-order valence-electron chi connectivity index (χ4n) is 5.31. The molecule has 216 valence electrons. The van der Waals surface area contributed by atoms with Gasteiger partial charge in [-0.2, -0.15) is 0 Å². The lowest BCUT2D eigenvalue weighted by molar-refractivity contribution is -0.138. The highest BCUT2D eigenvalue weighted by molar-refractivity contribution is 7.07. The van der Waals surface area contributed by atoms with Gasteiger partial charge < -0.3 is 23.7 Å². The van der Waals surface area contributed by atoms with Gasteiger partial charge in [0, 0.05) is 43.9 Å². The highest BCUT2D eigenvalue weighted by atomic mass is 32.1. The van der Waals surface area contributed by atoms with E-state index in [4.69, 9.17) is 18.9 Å². The van der Waals surface area contributed by atoms with E-state index in [0.717, 1.165) is 37.6 Å². The third-order valence-corrected chi connectivity index (χ3v) is 8.47. The number of rotatable bonds is 7. The summed E-state index contributed by atoms with van der Waals surface area (Å²) < 4.78 is 19.2. The zero-order valence-corrected chi connectivity index (χ0v) is 24.6. The van der Waals surface area contributed by atoms with Crippen molar-refractivity contribution < 1.29 is 18.7 Å². The number of nitrogens with zero attached hydrogens (tertiary/aromatic N) is 4. The van der Waals surface area contributed by atoms with Crippen LogP contribution in [0.2, 0.25) is 0 Å². The SMILES string of the molecule is CCOC(=O)C1=C(c2ccccc2)N=c2s/c(=C/c3ccc(N4CCN(C)CC4)o3)c(=O)n2[C@H]1c1cccc(OC)c1. The van der Waals surface area contributed by atoms with E-state index in [0.29, 0.717) is 37.7 Å². The van der Waals surface area contributed by atoms with Crippen LogP contribution in [0.1, 0.15) is 29.9 Å². The van der Waals surface area contributed by atoms with Gasteiger partial charge in [0.05, 0.1) is 35.6 Å². The summed E-state index contributed by atoms with van der Waals surface area (Å²) in [5, 5.41) is 0. The number of piperazine rings is 1. The molecule has 2 aromatic carbocycles. The number of anilines is 1. The summed E-state index contributed by atoms with van der Waals surface area (Å²) in [6, 6.07) is 19.9. The average Bonchev–Trinajstić information content (AvgIpc) is 3.61. The molecule has 0 saturated carbocycles. The molecule has 2 aromatic heterocycles. The van der Waals surface area contributed by atoms with E-state index in [2.05, 4.69) is 16.8 Å². The third-order valence-electron chi connectivity index (χ3n) is 7.48. The van der Waals surface area contributed by atoms with Crippen molar-refractivity contribution in [1.82, 2.24) is 9.47 Å². The smallest absolute Gasteiger partial charge is 0.338 e. The number of carbonyl (C=O) groups is 1. The van der Waals surface area contributed by atoms with Crippen LogP contribution in [0.4, 0.5) is 5.88 Å². The van der Waals surface area contributed by atoms with Crippen molar-refractivity contribution in [2.75, 3.05) is 51.8 Å². The van der Waals surface area contributed by atoms with Crippen LogP contribution in [-0.4, -0.2) is 62.4 Å². The van der Waals surface area contributed by atoms with Gasteiger partial charge in [0.2, 0.25) is 0 Å². The Balaban J connectivity index is 1.52. The number of benzene rings is 2. The molecule has 0 spiro atoms. The molecule has 6 rings (SSSR count). The minimum absolute atomic E-state index is 0.188. The Hall–Kier alpha value is -4.41. The van der Waals surface area contributed by atoms with Gasteiger partial charge >= 0.3 is 5.97 Å². The van der Waals surface area contributed by atoms with E-state index in [9.17, 15) is 9.59 Å². The molecular weight excluding hydrogens is 552 g/mol. The Morgan fingerprint density at radius 1 is 1.07 bits per heavy atom. The van der Waals surface area contributed by atoms with E-state index in [1.807, 2.05) is 66.7 Å². The molecule has 42 heavy (non-hydrogen) atoms. The number of aromatic nitrogens is 1. The number of carbonyl (C=O) groups excluding carboxylic acids is 1. The second kappa shape index (κ2) is 11.8. The van der Waals surface area contributed by atoms with E-state index in [1.54, 1.807) is 24.7 Å². The molecule has 0 N–H and O–H groups in total. The minimum atomic E-state index is -0.773. The van der Waals surface area contributed by atoms with Gasteiger partial charge in [0.15, 0.2) is 10.7 Å². The summed E-state index contributed by atoms with van der Waals surface area (Å²) in [6.45, 7) is 5.64. The molecule has 0 aliphatic carbocycles. The largest absolute Gasteiger partial charge is 0.497 e. The number of thiazole rings is 1. The van der Waals surface area contributed by atoms with Gasteiger partial charge in [0.25, 0.3) is 5.56 Å². The van der Waals surface area contributed by atoms with E-state index in [1.165, 1.54) is 11.3 Å². The van der Waals surface area contributed by atoms with E-state index < -0.39 is 12.0 Å². The van der Waals surface area contributed by atoms with Crippen molar-refractivity contribution in [3.63, 3.8) is 0 Å². The Kier molecular flexibility index (Phi) is 7.82. The fourth-order valence-corrected chi connectivity index (χ4v) is 6.29. The van der Waals surface area contributed by atoms with Crippen molar-refractivity contribution in [2.24, 2.45) is 4.99 Å². The predicted molar refractivity (Wildman–Crippen MR) is 162 cm³/mol. The van der Waals surface area contributed by atoms with Crippen LogP contribution >= 0.6 is 11.3 Å². The lowest BCUT2D eigenvalue weighted by atomic mass is 9.93. The highest BCUT2D eigenvalue weighted by Crippen LogP contribution is 2.36. The quantitative estimate of drug-likeness (QED) is 0.308. The first kappa shape index (κ1) is 27.7. The second-order valence-electron chi connectivity index (χ2n) is 10.2. The summed E-state index contributed by atoms with van der Waals surface area (Å²) in [7, 11) is 3.70. The summed E-state index contributed by atoms with van der Waals surface area (Å²) in [6.07, 6.45) is 1.75. The molecule has 2 aliphatic heterocycles. The molecule has 4 aromatic rings. The third kappa shape index (κ3) is 5.31. The van der Waals surface area contributed by atoms with Crippen LogP contribution in [0, 0.1) is 0 Å². The Morgan fingerprint density at radius 3 is 2.60 bits per heavy atom. The number of esters is 1. The van der Waals surface area contributed by atoms with Gasteiger partial charge in [-0.3, -0.25) is 9.36 Å². The Labute approximate surface area is 247 Å². The highest BCUT2D eigenvalue weighted by Gasteiger charge is 2.35. The van der Waals surface area contributed by atoms with Gasteiger partial charge in [-0.05, 0) is 37.7 Å². The maximum Gasteiger partial charge on any atom is 0.338 e. The summed E-state index contributed by atoms with van der Waals surface area (Å²) in [4.78, 5) is 37.6. The van der Waals surface area contributed by atoms with Crippen LogP contribution in [0.5, 0.6) is 5.75 Å². The monoisotopic (exact) mass is 584 g/mol. The normalized spacial score (nSPS) is 17.6. The molecule has 2 aliphatic rings. The van der Waals surface area contributed by atoms with Crippen molar-refractivity contribution in [3.8, 4) is 5.75 Å². The second-order valence-corrected chi connectivity index (χ2v) is 11.2. The van der Waals surface area contributed by atoms with E-state index in [-0.39, 0.29) is 12.2 Å². The Bertz CT molecular complexity index is 1810. The molecule has 0 radical (unpaired) electrons. The van der Waals surface area contributed by atoms with Crippen molar-refractivity contribution in [2.45, 2.75) is 13.0 Å². The molecule has 0 bridgehead atoms. The molecule has 1 atom stereocenters. The van der Waals surface area contributed by atoms with Gasteiger partial charge in [-0.15, -0.1) is 0 Å². The predicted octanol–water partition coefficient (Wildman–Crippen LogP) is 3.29. The van der Waals surface area contributed by atoms with Crippen LogP contribution in [-0.2, 0) is 9.53 Å². The van der Waals surface area contributed by atoms with Gasteiger partial charge in [-0.1, -0.05) is 53.8 Å². The van der Waals surface area contributed by atoms with Gasteiger partial charge in [0.1, 0.15) is 11.5 Å². The fraction of sp³-hybridized carbons (Fsp3) is 0.281. The van der Waals surface area contributed by atoms with Crippen LogP contribution in [0.25, 0.3) is 11.8 Å². The number of hydrogen-bond donors (Lipinski definition) is 0. The number of fused-ring (bicyclic) bond motifs is 1. The first-order chi connectivity index (χ1) is 20.5. The Morgan fingerprint density at radius 2 is 1.86 bits per heavy atom. The van der Waals surface area contributed by atoms with Crippen molar-refractivity contribution >= 4 is 35.0 Å². The molecule has 4 heterocycles. The van der Waals surface area contributed by atoms with Crippen molar-refractivity contribution in [3.05, 3.63) is 109 Å². The summed E-state index contributed by atoms with van der Waals surface area (Å²) in [5.74, 6) is 1.46. The molecule has 0 unspecified atom stereocenters. The van der Waals surface area contributed by atoms with Crippen LogP contribution in [0.15, 0.2) is 86.5 Å². The zero-order valence-electron chi connectivity index (χ0n) is 23.8. The summed E-state index contributed by atoms with van der Waals surface area (Å²) in [5.41, 5.74) is 1.98. The number of hydrogen-bond acceptors (Lipinski definition) is 9. The minimum Gasteiger partial charge on any atom is -0.497 e. The zero-order chi connectivity index (χ0) is 29.2. The summed E-state index contributed by atoms with van der Waals surface area (Å²) >= 11 is 1.27. The van der Waals surface area contributed by atoms with Crippen LogP contribution in [0.3, 0.4) is 0 Å². The number of ether oxygens (including phenoxy) is 2. The molecule has 1 fully saturated rings. The van der Waals surface area contributed by atoms with Crippen molar-refractivity contribution in [1.29, 1.82) is 0 Å².